The molecule has 0 aliphatic rings. The van der Waals surface area contributed by atoms with Gasteiger partial charge in [-0.05, 0) is 36.6 Å². The second kappa shape index (κ2) is 5.02. The maximum absolute atomic E-state index is 9.39. The zero-order chi connectivity index (χ0) is 12.3. The van der Waals surface area contributed by atoms with Crippen LogP contribution in [0.15, 0.2) is 48.5 Å². The number of nitrogens with two attached hydrogens (primary N) is 1. The normalized spacial score (nSPS) is 12.4. The number of aryl methyl sites for hydroxylation is 1. The highest BCUT2D eigenvalue weighted by Gasteiger charge is 2.07. The monoisotopic (exact) mass is 227 g/mol. The van der Waals surface area contributed by atoms with Crippen molar-refractivity contribution in [3.8, 4) is 5.75 Å². The topological polar surface area (TPSA) is 46.2 Å². The molecular weight excluding hydrogens is 210 g/mol. The van der Waals surface area contributed by atoms with Crippen molar-refractivity contribution in [2.24, 2.45) is 5.73 Å². The van der Waals surface area contributed by atoms with Crippen LogP contribution in [0.2, 0.25) is 0 Å². The smallest absolute Gasteiger partial charge is 0.115 e. The zero-order valence-corrected chi connectivity index (χ0v) is 9.93. The van der Waals surface area contributed by atoms with Gasteiger partial charge < -0.3 is 10.8 Å². The molecule has 2 heteroatoms. The first kappa shape index (κ1) is 11.7. The number of phenols is 1. The average Bonchev–Trinajstić information content (AvgIpc) is 2.29. The van der Waals surface area contributed by atoms with E-state index in [2.05, 4.69) is 31.2 Å². The molecule has 0 fully saturated rings. The number of phenolic OH excluding ortho intramolecular Hbond substituents is 1. The van der Waals surface area contributed by atoms with Crippen LogP contribution in [0.1, 0.15) is 22.7 Å². The highest BCUT2D eigenvalue weighted by Crippen LogP contribution is 2.19. The van der Waals surface area contributed by atoms with Gasteiger partial charge >= 0.3 is 0 Å². The van der Waals surface area contributed by atoms with Gasteiger partial charge in [0.2, 0.25) is 0 Å². The lowest BCUT2D eigenvalue weighted by Gasteiger charge is -2.12. The lowest BCUT2D eigenvalue weighted by molar-refractivity contribution is 0.474. The van der Waals surface area contributed by atoms with Gasteiger partial charge in [0.15, 0.2) is 0 Å². The fraction of sp³-hybridized carbons (Fsp3) is 0.200. The van der Waals surface area contributed by atoms with Gasteiger partial charge in [0.25, 0.3) is 0 Å². The van der Waals surface area contributed by atoms with E-state index in [4.69, 9.17) is 5.73 Å². The molecular formula is C15H17NO. The van der Waals surface area contributed by atoms with Crippen LogP contribution in [0.5, 0.6) is 5.75 Å². The van der Waals surface area contributed by atoms with Crippen LogP contribution in [0.25, 0.3) is 0 Å². The van der Waals surface area contributed by atoms with Crippen LogP contribution in [-0.4, -0.2) is 5.11 Å². The van der Waals surface area contributed by atoms with Gasteiger partial charge in [0.05, 0.1) is 0 Å². The van der Waals surface area contributed by atoms with Crippen molar-refractivity contribution >= 4 is 0 Å². The Labute approximate surface area is 102 Å². The lowest BCUT2D eigenvalue weighted by Crippen LogP contribution is -2.13. The molecule has 0 amide bonds. The second-order valence-electron chi connectivity index (χ2n) is 4.39. The molecule has 2 aromatic carbocycles. The van der Waals surface area contributed by atoms with E-state index in [1.165, 1.54) is 5.56 Å². The van der Waals surface area contributed by atoms with E-state index in [0.717, 1.165) is 17.5 Å². The van der Waals surface area contributed by atoms with Crippen LogP contribution in [0, 0.1) is 6.92 Å². The van der Waals surface area contributed by atoms with Crippen molar-refractivity contribution in [3.63, 3.8) is 0 Å². The molecule has 0 aromatic heterocycles. The third kappa shape index (κ3) is 3.08. The van der Waals surface area contributed by atoms with Crippen molar-refractivity contribution in [2.45, 2.75) is 19.4 Å². The molecule has 2 aromatic rings. The summed E-state index contributed by atoms with van der Waals surface area (Å²) >= 11 is 0. The molecule has 2 nitrogen and oxygen atoms in total. The summed E-state index contributed by atoms with van der Waals surface area (Å²) in [6.45, 7) is 2.06. The van der Waals surface area contributed by atoms with E-state index < -0.39 is 0 Å². The third-order valence-corrected chi connectivity index (χ3v) is 2.87. The lowest BCUT2D eigenvalue weighted by atomic mass is 9.99. The minimum absolute atomic E-state index is 0.0302. The second-order valence-corrected chi connectivity index (χ2v) is 4.39. The summed E-state index contributed by atoms with van der Waals surface area (Å²) in [4.78, 5) is 0. The van der Waals surface area contributed by atoms with Gasteiger partial charge in [-0.15, -0.1) is 0 Å². The van der Waals surface area contributed by atoms with E-state index in [-0.39, 0.29) is 6.04 Å². The summed E-state index contributed by atoms with van der Waals surface area (Å²) in [6, 6.07) is 15.5. The van der Waals surface area contributed by atoms with E-state index in [0.29, 0.717) is 5.75 Å². The van der Waals surface area contributed by atoms with Gasteiger partial charge in [0.1, 0.15) is 5.75 Å². The average molecular weight is 227 g/mol. The minimum atomic E-state index is -0.0302. The molecule has 17 heavy (non-hydrogen) atoms. The zero-order valence-electron chi connectivity index (χ0n) is 9.93. The highest BCUT2D eigenvalue weighted by molar-refractivity contribution is 5.30. The van der Waals surface area contributed by atoms with Gasteiger partial charge in [0, 0.05) is 6.04 Å². The third-order valence-electron chi connectivity index (χ3n) is 2.87. The number of hydrogen-bond acceptors (Lipinski definition) is 2. The molecule has 0 spiro atoms. The number of aromatic hydroxyl groups is 1. The van der Waals surface area contributed by atoms with Gasteiger partial charge in [-0.3, -0.25) is 0 Å². The molecule has 0 aliphatic carbocycles. The molecule has 0 aliphatic heterocycles. The van der Waals surface area contributed by atoms with Gasteiger partial charge in [-0.25, -0.2) is 0 Å². The molecule has 0 radical (unpaired) electrons. The summed E-state index contributed by atoms with van der Waals surface area (Å²) in [5.74, 6) is 0.290. The summed E-state index contributed by atoms with van der Waals surface area (Å²) in [7, 11) is 0. The van der Waals surface area contributed by atoms with E-state index in [9.17, 15) is 5.11 Å². The molecule has 1 unspecified atom stereocenters. The van der Waals surface area contributed by atoms with Crippen LogP contribution < -0.4 is 5.73 Å². The summed E-state index contributed by atoms with van der Waals surface area (Å²) < 4.78 is 0. The largest absolute Gasteiger partial charge is 0.508 e. The first-order valence-electron chi connectivity index (χ1n) is 5.75. The fourth-order valence-corrected chi connectivity index (χ4v) is 1.87. The van der Waals surface area contributed by atoms with Crippen molar-refractivity contribution in [3.05, 3.63) is 65.2 Å². The maximum atomic E-state index is 9.39. The Morgan fingerprint density at radius 2 is 1.82 bits per heavy atom. The highest BCUT2D eigenvalue weighted by atomic mass is 16.3. The van der Waals surface area contributed by atoms with Crippen molar-refractivity contribution in [1.82, 2.24) is 0 Å². The van der Waals surface area contributed by atoms with E-state index >= 15 is 0 Å². The first-order valence-corrected chi connectivity index (χ1v) is 5.75. The van der Waals surface area contributed by atoms with E-state index in [1.54, 1.807) is 12.1 Å². The number of hydrogen-bond donors (Lipinski definition) is 2. The Morgan fingerprint density at radius 1 is 1.12 bits per heavy atom. The van der Waals surface area contributed by atoms with Crippen molar-refractivity contribution in [2.75, 3.05) is 0 Å². The first-order chi connectivity index (χ1) is 8.15. The molecule has 2 rings (SSSR count). The number of benzene rings is 2. The van der Waals surface area contributed by atoms with Crippen LogP contribution in [0.3, 0.4) is 0 Å². The van der Waals surface area contributed by atoms with Crippen molar-refractivity contribution < 1.29 is 5.11 Å². The Bertz CT molecular complexity index is 491. The van der Waals surface area contributed by atoms with Crippen LogP contribution in [0.4, 0.5) is 0 Å². The predicted octanol–water partition coefficient (Wildman–Crippen LogP) is 2.94. The quantitative estimate of drug-likeness (QED) is 0.846. The maximum Gasteiger partial charge on any atom is 0.115 e. The molecule has 1 atom stereocenters. The SMILES string of the molecule is Cc1ccc(C(N)Cc2cccc(O)c2)cc1. The molecule has 3 N–H and O–H groups in total. The molecule has 88 valence electrons. The predicted molar refractivity (Wildman–Crippen MR) is 69.9 cm³/mol. The Balaban J connectivity index is 2.11. The standard InChI is InChI=1S/C15H17NO/c1-11-5-7-13(8-6-11)15(16)10-12-3-2-4-14(17)9-12/h2-9,15,17H,10,16H2,1H3. The Hall–Kier alpha value is -1.80. The summed E-state index contributed by atoms with van der Waals surface area (Å²) in [5, 5.41) is 9.39. The molecule has 0 heterocycles. The molecule has 0 saturated heterocycles. The fourth-order valence-electron chi connectivity index (χ4n) is 1.87. The van der Waals surface area contributed by atoms with E-state index in [1.807, 2.05) is 12.1 Å². The van der Waals surface area contributed by atoms with Crippen LogP contribution in [-0.2, 0) is 6.42 Å². The summed E-state index contributed by atoms with van der Waals surface area (Å²) in [5.41, 5.74) is 9.56. The number of rotatable bonds is 3. The molecule has 0 saturated carbocycles. The van der Waals surface area contributed by atoms with Gasteiger partial charge in [-0.1, -0.05) is 42.0 Å². The minimum Gasteiger partial charge on any atom is -0.508 e. The Kier molecular flexibility index (Phi) is 3.45. The van der Waals surface area contributed by atoms with Crippen LogP contribution >= 0.6 is 0 Å². The molecule has 0 bridgehead atoms. The van der Waals surface area contributed by atoms with Crippen molar-refractivity contribution in [1.29, 1.82) is 0 Å². The Morgan fingerprint density at radius 3 is 2.47 bits per heavy atom. The van der Waals surface area contributed by atoms with Gasteiger partial charge in [-0.2, -0.15) is 0 Å². The summed E-state index contributed by atoms with van der Waals surface area (Å²) in [6.07, 6.45) is 0.734.